The van der Waals surface area contributed by atoms with Crippen LogP contribution in [0, 0.1) is 0 Å². The Morgan fingerprint density at radius 3 is 2.58 bits per heavy atom. The lowest BCUT2D eigenvalue weighted by Crippen LogP contribution is -2.29. The molecule has 0 saturated carbocycles. The molecule has 36 heavy (non-hydrogen) atoms. The number of amides is 1. The number of aromatic nitrogens is 1. The minimum atomic E-state index is -0.900. The summed E-state index contributed by atoms with van der Waals surface area (Å²) in [6.45, 7) is 2.39. The van der Waals surface area contributed by atoms with Gasteiger partial charge in [-0.1, -0.05) is 47.2 Å². The summed E-state index contributed by atoms with van der Waals surface area (Å²) in [5.41, 5.74) is 1.60. The van der Waals surface area contributed by atoms with E-state index in [0.29, 0.717) is 44.9 Å². The maximum atomic E-state index is 13.4. The summed E-state index contributed by atoms with van der Waals surface area (Å²) < 4.78 is 11.6. The molecule has 1 N–H and O–H groups in total. The van der Waals surface area contributed by atoms with Gasteiger partial charge in [-0.15, -0.1) is 0 Å². The van der Waals surface area contributed by atoms with Crippen molar-refractivity contribution in [1.82, 2.24) is 4.98 Å². The fourth-order valence-electron chi connectivity index (χ4n) is 4.17. The van der Waals surface area contributed by atoms with E-state index in [1.807, 2.05) is 6.92 Å². The number of fused-ring (bicyclic) bond motifs is 1. The Hall–Kier alpha value is -3.88. The minimum absolute atomic E-state index is 0.0327. The maximum Gasteiger partial charge on any atom is 0.301 e. The van der Waals surface area contributed by atoms with Crippen molar-refractivity contribution in [1.29, 1.82) is 0 Å². The van der Waals surface area contributed by atoms with Gasteiger partial charge in [-0.05, 0) is 55.0 Å². The van der Waals surface area contributed by atoms with Gasteiger partial charge in [0.05, 0.1) is 35.5 Å². The Morgan fingerprint density at radius 1 is 1.08 bits per heavy atom. The monoisotopic (exact) mass is 520 g/mol. The van der Waals surface area contributed by atoms with E-state index < -0.39 is 17.7 Å². The van der Waals surface area contributed by atoms with Gasteiger partial charge >= 0.3 is 5.91 Å². The standard InChI is InChI=1S/C27H21ClN2O5S/c1-3-35-18-10-7-15(8-11-18)23-22(24(31)16-5-4-6-19(13-16)34-2)25(32)26(33)30(23)27-29-20-12-9-17(28)14-21(20)36-27/h4-14,23,31H,3H2,1-2H3. The number of nitrogens with zero attached hydrogens (tertiary/aromatic N) is 2. The van der Waals surface area contributed by atoms with E-state index >= 15 is 0 Å². The van der Waals surface area contributed by atoms with E-state index in [1.165, 1.54) is 23.3 Å². The third-order valence-electron chi connectivity index (χ3n) is 5.84. The van der Waals surface area contributed by atoms with E-state index in [0.717, 1.165) is 4.70 Å². The first-order valence-corrected chi connectivity index (χ1v) is 12.3. The molecule has 0 aliphatic carbocycles. The van der Waals surface area contributed by atoms with Gasteiger partial charge in [0.15, 0.2) is 5.13 Å². The molecule has 4 aromatic rings. The number of carbonyl (C=O) groups excluding carboxylic acids is 2. The van der Waals surface area contributed by atoms with E-state index in [-0.39, 0.29) is 11.3 Å². The summed E-state index contributed by atoms with van der Waals surface area (Å²) in [5, 5.41) is 12.2. The van der Waals surface area contributed by atoms with Crippen molar-refractivity contribution in [2.45, 2.75) is 13.0 Å². The third kappa shape index (κ3) is 4.19. The molecule has 1 aliphatic rings. The van der Waals surface area contributed by atoms with Crippen molar-refractivity contribution in [3.8, 4) is 11.5 Å². The van der Waals surface area contributed by atoms with Crippen molar-refractivity contribution >= 4 is 55.7 Å². The van der Waals surface area contributed by atoms with Crippen LogP contribution >= 0.6 is 22.9 Å². The zero-order chi connectivity index (χ0) is 25.4. The lowest BCUT2D eigenvalue weighted by molar-refractivity contribution is -0.132. The van der Waals surface area contributed by atoms with Crippen molar-refractivity contribution in [3.05, 3.63) is 88.5 Å². The first-order chi connectivity index (χ1) is 17.4. The summed E-state index contributed by atoms with van der Waals surface area (Å²) in [4.78, 5) is 32.7. The molecule has 0 spiro atoms. The smallest absolute Gasteiger partial charge is 0.301 e. The average molecular weight is 521 g/mol. The second-order valence-corrected chi connectivity index (χ2v) is 9.46. The zero-order valence-electron chi connectivity index (χ0n) is 19.4. The van der Waals surface area contributed by atoms with Crippen LogP contribution in [0.15, 0.2) is 72.3 Å². The summed E-state index contributed by atoms with van der Waals surface area (Å²) in [7, 11) is 1.51. The van der Waals surface area contributed by atoms with Crippen LogP contribution in [0.2, 0.25) is 5.02 Å². The van der Waals surface area contributed by atoms with Gasteiger partial charge in [0.25, 0.3) is 5.78 Å². The van der Waals surface area contributed by atoms with E-state index in [2.05, 4.69) is 4.98 Å². The van der Waals surface area contributed by atoms with Gasteiger partial charge in [-0.3, -0.25) is 14.5 Å². The lowest BCUT2D eigenvalue weighted by Gasteiger charge is -2.23. The lowest BCUT2D eigenvalue weighted by atomic mass is 9.95. The van der Waals surface area contributed by atoms with Gasteiger partial charge in [0.2, 0.25) is 0 Å². The summed E-state index contributed by atoms with van der Waals surface area (Å²) in [6.07, 6.45) is 0. The Kier molecular flexibility index (Phi) is 6.38. The topological polar surface area (TPSA) is 89.0 Å². The molecule has 7 nitrogen and oxygen atoms in total. The number of ketones is 1. The van der Waals surface area contributed by atoms with E-state index in [1.54, 1.807) is 66.7 Å². The number of carbonyl (C=O) groups is 2. The second kappa shape index (κ2) is 9.64. The number of Topliss-reactive ketones (excluding diaryl/α,β-unsaturated/α-hetero) is 1. The molecule has 182 valence electrons. The molecule has 1 fully saturated rings. The van der Waals surface area contributed by atoms with Gasteiger partial charge in [-0.2, -0.15) is 0 Å². The molecule has 0 radical (unpaired) electrons. The van der Waals surface area contributed by atoms with Crippen molar-refractivity contribution in [3.63, 3.8) is 0 Å². The molecule has 0 bridgehead atoms. The Bertz CT molecular complexity index is 1510. The first kappa shape index (κ1) is 23.8. The molecule has 3 aromatic carbocycles. The number of anilines is 1. The largest absolute Gasteiger partial charge is 0.507 e. The van der Waals surface area contributed by atoms with Crippen LogP contribution in [0.5, 0.6) is 11.5 Å². The maximum absolute atomic E-state index is 13.4. The van der Waals surface area contributed by atoms with Gasteiger partial charge < -0.3 is 14.6 Å². The highest BCUT2D eigenvalue weighted by molar-refractivity contribution is 7.22. The summed E-state index contributed by atoms with van der Waals surface area (Å²) >= 11 is 7.39. The molecular weight excluding hydrogens is 500 g/mol. The second-order valence-electron chi connectivity index (χ2n) is 8.01. The average Bonchev–Trinajstić information content (AvgIpc) is 3.42. The third-order valence-corrected chi connectivity index (χ3v) is 7.09. The normalized spacial score (nSPS) is 17.1. The number of rotatable bonds is 6. The number of benzene rings is 3. The van der Waals surface area contributed by atoms with E-state index in [4.69, 9.17) is 21.1 Å². The Morgan fingerprint density at radius 2 is 1.86 bits per heavy atom. The molecule has 1 amide bonds. The molecule has 1 atom stereocenters. The van der Waals surface area contributed by atoms with Crippen LogP contribution in [-0.4, -0.2) is 35.5 Å². The quantitative estimate of drug-likeness (QED) is 0.191. The number of thiazole rings is 1. The molecule has 1 unspecified atom stereocenters. The van der Waals surface area contributed by atoms with Crippen LogP contribution in [0.1, 0.15) is 24.1 Å². The number of methoxy groups -OCH3 is 1. The first-order valence-electron chi connectivity index (χ1n) is 11.2. The van der Waals surface area contributed by atoms with Crippen LogP contribution in [-0.2, 0) is 9.59 Å². The highest BCUT2D eigenvalue weighted by Gasteiger charge is 2.48. The molecule has 1 aromatic heterocycles. The molecule has 9 heteroatoms. The number of halogens is 1. The van der Waals surface area contributed by atoms with Gasteiger partial charge in [-0.25, -0.2) is 4.98 Å². The fraction of sp³-hybridized carbons (Fsp3) is 0.148. The Balaban J connectivity index is 1.70. The summed E-state index contributed by atoms with van der Waals surface area (Å²) in [6, 6.07) is 18.1. The van der Waals surface area contributed by atoms with Gasteiger partial charge in [0.1, 0.15) is 17.3 Å². The van der Waals surface area contributed by atoms with Crippen molar-refractivity contribution in [2.75, 3.05) is 18.6 Å². The highest BCUT2D eigenvalue weighted by atomic mass is 35.5. The number of aliphatic hydroxyl groups is 1. The van der Waals surface area contributed by atoms with Crippen LogP contribution in [0.3, 0.4) is 0 Å². The molecular formula is C27H21ClN2O5S. The molecule has 1 aliphatic heterocycles. The van der Waals surface area contributed by atoms with Crippen molar-refractivity contribution < 1.29 is 24.2 Å². The highest BCUT2D eigenvalue weighted by Crippen LogP contribution is 2.45. The van der Waals surface area contributed by atoms with Crippen molar-refractivity contribution in [2.24, 2.45) is 0 Å². The predicted octanol–water partition coefficient (Wildman–Crippen LogP) is 5.98. The fourth-order valence-corrected chi connectivity index (χ4v) is 5.44. The molecule has 1 saturated heterocycles. The number of hydrogen-bond acceptors (Lipinski definition) is 7. The predicted molar refractivity (Wildman–Crippen MR) is 140 cm³/mol. The van der Waals surface area contributed by atoms with Crippen LogP contribution < -0.4 is 14.4 Å². The van der Waals surface area contributed by atoms with E-state index in [9.17, 15) is 14.7 Å². The zero-order valence-corrected chi connectivity index (χ0v) is 21.0. The number of hydrogen-bond donors (Lipinski definition) is 1. The number of aliphatic hydroxyl groups excluding tert-OH is 1. The SMILES string of the molecule is CCOc1ccc(C2C(=C(O)c3cccc(OC)c3)C(=O)C(=O)N2c2nc3ccc(Cl)cc3s2)cc1. The van der Waals surface area contributed by atoms with Crippen LogP contribution in [0.25, 0.3) is 16.0 Å². The minimum Gasteiger partial charge on any atom is -0.507 e. The van der Waals surface area contributed by atoms with Gasteiger partial charge in [0, 0.05) is 10.6 Å². The molecule has 5 rings (SSSR count). The Labute approximate surface area is 216 Å². The summed E-state index contributed by atoms with van der Waals surface area (Å²) in [5.74, 6) is -0.706. The number of ether oxygens (including phenoxy) is 2. The molecule has 2 heterocycles. The van der Waals surface area contributed by atoms with Crippen LogP contribution in [0.4, 0.5) is 5.13 Å².